The first-order chi connectivity index (χ1) is 9.45. The highest BCUT2D eigenvalue weighted by Gasteiger charge is 2.18. The number of methoxy groups -OCH3 is 1. The highest BCUT2D eigenvalue weighted by molar-refractivity contribution is 6.46. The summed E-state index contributed by atoms with van der Waals surface area (Å²) in [4.78, 5) is 0. The molecule has 0 aliphatic heterocycles. The van der Waals surface area contributed by atoms with Crippen LogP contribution < -0.4 is 4.74 Å². The first kappa shape index (κ1) is 15.4. The van der Waals surface area contributed by atoms with Gasteiger partial charge in [0.05, 0.1) is 22.7 Å². The number of benzene rings is 2. The quantitative estimate of drug-likeness (QED) is 0.601. The third-order valence-corrected chi connectivity index (χ3v) is 3.92. The molecule has 106 valence electrons. The molecule has 0 unspecified atom stereocenters. The molecule has 20 heavy (non-hydrogen) atoms. The Bertz CT molecular complexity index is 645. The Labute approximate surface area is 130 Å². The van der Waals surface area contributed by atoms with Crippen LogP contribution in [-0.2, 0) is 0 Å². The fourth-order valence-electron chi connectivity index (χ4n) is 1.85. The lowest BCUT2D eigenvalue weighted by Gasteiger charge is -2.13. The predicted molar refractivity (Wildman–Crippen MR) is 78.4 cm³/mol. The van der Waals surface area contributed by atoms with Crippen LogP contribution in [0.25, 0.3) is 11.1 Å². The summed E-state index contributed by atoms with van der Waals surface area (Å²) in [6.07, 6.45) is -2.67. The Morgan fingerprint density at radius 2 is 1.65 bits per heavy atom. The molecule has 0 amide bonds. The zero-order valence-electron chi connectivity index (χ0n) is 10.3. The molecule has 0 aliphatic rings. The van der Waals surface area contributed by atoms with Gasteiger partial charge in [-0.2, -0.15) is 0 Å². The summed E-state index contributed by atoms with van der Waals surface area (Å²) in [5.41, 5.74) is 0.654. The third-order valence-electron chi connectivity index (χ3n) is 2.80. The number of alkyl halides is 2. The van der Waals surface area contributed by atoms with Crippen LogP contribution in [0.15, 0.2) is 30.3 Å². The van der Waals surface area contributed by atoms with Crippen molar-refractivity contribution in [3.05, 3.63) is 51.0 Å². The van der Waals surface area contributed by atoms with E-state index in [1.54, 1.807) is 18.2 Å². The van der Waals surface area contributed by atoms with Crippen LogP contribution in [-0.4, -0.2) is 7.11 Å². The highest BCUT2D eigenvalue weighted by Crippen LogP contribution is 2.41. The lowest BCUT2D eigenvalue weighted by Crippen LogP contribution is -1.94. The molecule has 0 N–H and O–H groups in total. The van der Waals surface area contributed by atoms with E-state index in [0.717, 1.165) is 0 Å². The maximum atomic E-state index is 13.0. The van der Waals surface area contributed by atoms with Crippen molar-refractivity contribution in [3.8, 4) is 16.9 Å². The van der Waals surface area contributed by atoms with Crippen molar-refractivity contribution >= 4 is 34.8 Å². The molecule has 0 saturated carbocycles. The summed E-state index contributed by atoms with van der Waals surface area (Å²) >= 11 is 18.1. The van der Waals surface area contributed by atoms with Gasteiger partial charge in [-0.05, 0) is 29.8 Å². The van der Waals surface area contributed by atoms with Crippen LogP contribution in [0.4, 0.5) is 8.78 Å². The van der Waals surface area contributed by atoms with Gasteiger partial charge in [0.1, 0.15) is 5.75 Å². The third kappa shape index (κ3) is 2.85. The average Bonchev–Trinajstić information content (AvgIpc) is 2.43. The maximum absolute atomic E-state index is 13.0. The van der Waals surface area contributed by atoms with Crippen molar-refractivity contribution in [2.24, 2.45) is 0 Å². The lowest BCUT2D eigenvalue weighted by atomic mass is 10.0. The van der Waals surface area contributed by atoms with Gasteiger partial charge in [-0.15, -0.1) is 0 Å². The lowest BCUT2D eigenvalue weighted by molar-refractivity contribution is 0.147. The predicted octanol–water partition coefficient (Wildman–Crippen LogP) is 6.26. The second-order valence-electron chi connectivity index (χ2n) is 3.98. The van der Waals surface area contributed by atoms with Gasteiger partial charge in [0.25, 0.3) is 6.43 Å². The summed E-state index contributed by atoms with van der Waals surface area (Å²) in [5.74, 6) is 0.109. The van der Waals surface area contributed by atoms with E-state index < -0.39 is 6.43 Å². The molecule has 0 bridgehead atoms. The van der Waals surface area contributed by atoms with Gasteiger partial charge in [-0.1, -0.05) is 40.9 Å². The van der Waals surface area contributed by atoms with E-state index >= 15 is 0 Å². The van der Waals surface area contributed by atoms with Crippen LogP contribution >= 0.6 is 34.8 Å². The van der Waals surface area contributed by atoms with Crippen LogP contribution in [0.3, 0.4) is 0 Å². The molecular weight excluding hydrogens is 329 g/mol. The van der Waals surface area contributed by atoms with Crippen molar-refractivity contribution in [2.45, 2.75) is 6.43 Å². The zero-order valence-corrected chi connectivity index (χ0v) is 12.5. The van der Waals surface area contributed by atoms with E-state index in [4.69, 9.17) is 39.5 Å². The number of rotatable bonds is 3. The van der Waals surface area contributed by atoms with E-state index in [1.807, 2.05) is 0 Å². The van der Waals surface area contributed by atoms with Crippen LogP contribution in [0, 0.1) is 0 Å². The van der Waals surface area contributed by atoms with Crippen LogP contribution in [0.1, 0.15) is 12.0 Å². The van der Waals surface area contributed by atoms with E-state index in [-0.39, 0.29) is 16.3 Å². The molecule has 0 aromatic heterocycles. The van der Waals surface area contributed by atoms with Crippen molar-refractivity contribution in [2.75, 3.05) is 7.11 Å². The molecule has 1 nitrogen and oxygen atoms in total. The van der Waals surface area contributed by atoms with E-state index in [2.05, 4.69) is 0 Å². The van der Waals surface area contributed by atoms with Crippen molar-refractivity contribution in [3.63, 3.8) is 0 Å². The topological polar surface area (TPSA) is 9.23 Å². The maximum Gasteiger partial charge on any atom is 0.267 e. The van der Waals surface area contributed by atoms with Gasteiger partial charge in [-0.3, -0.25) is 0 Å². The molecule has 2 aromatic rings. The summed E-state index contributed by atoms with van der Waals surface area (Å²) in [7, 11) is 1.33. The fraction of sp³-hybridized carbons (Fsp3) is 0.143. The molecule has 0 aliphatic carbocycles. The average molecular weight is 338 g/mol. The smallest absolute Gasteiger partial charge is 0.267 e. The molecule has 0 atom stereocenters. The highest BCUT2D eigenvalue weighted by atomic mass is 35.5. The number of hydrogen-bond donors (Lipinski definition) is 0. The van der Waals surface area contributed by atoms with Gasteiger partial charge < -0.3 is 4.74 Å². The molecule has 0 heterocycles. The van der Waals surface area contributed by atoms with E-state index in [1.165, 1.54) is 19.2 Å². The summed E-state index contributed by atoms with van der Waals surface area (Å²) in [6, 6.07) is 7.47. The van der Waals surface area contributed by atoms with Gasteiger partial charge in [-0.25, -0.2) is 8.78 Å². The normalized spacial score (nSPS) is 10.9. The molecule has 2 rings (SSSR count). The molecule has 2 aromatic carbocycles. The Kier molecular flexibility index (Phi) is 4.74. The fourth-order valence-corrected chi connectivity index (χ4v) is 2.60. The van der Waals surface area contributed by atoms with E-state index in [9.17, 15) is 8.78 Å². The van der Waals surface area contributed by atoms with Crippen molar-refractivity contribution in [1.29, 1.82) is 0 Å². The molecule has 0 spiro atoms. The van der Waals surface area contributed by atoms with Crippen LogP contribution in [0.2, 0.25) is 15.1 Å². The second-order valence-corrected chi connectivity index (χ2v) is 5.17. The zero-order chi connectivity index (χ0) is 14.9. The van der Waals surface area contributed by atoms with Gasteiger partial charge in [0.15, 0.2) is 0 Å². The van der Waals surface area contributed by atoms with Gasteiger partial charge >= 0.3 is 0 Å². The molecule has 0 fully saturated rings. The minimum absolute atomic E-state index is 0.109. The second kappa shape index (κ2) is 6.17. The van der Waals surface area contributed by atoms with Crippen LogP contribution in [0.5, 0.6) is 5.75 Å². The Morgan fingerprint density at radius 1 is 1.00 bits per heavy atom. The minimum Gasteiger partial charge on any atom is -0.496 e. The monoisotopic (exact) mass is 336 g/mol. The summed E-state index contributed by atoms with van der Waals surface area (Å²) in [6.45, 7) is 0. The molecule has 6 heteroatoms. The number of halogens is 5. The Morgan fingerprint density at radius 3 is 2.25 bits per heavy atom. The minimum atomic E-state index is -2.67. The number of hydrogen-bond acceptors (Lipinski definition) is 1. The van der Waals surface area contributed by atoms with E-state index in [0.29, 0.717) is 21.2 Å². The summed E-state index contributed by atoms with van der Waals surface area (Å²) in [5, 5.41) is 0.870. The van der Waals surface area contributed by atoms with Gasteiger partial charge in [0, 0.05) is 10.6 Å². The molecule has 0 saturated heterocycles. The summed E-state index contributed by atoms with van der Waals surface area (Å²) < 4.78 is 30.9. The number of ether oxygens (including phenoxy) is 1. The van der Waals surface area contributed by atoms with Crippen molar-refractivity contribution < 1.29 is 13.5 Å². The Balaban J connectivity index is 2.65. The molecule has 0 radical (unpaired) electrons. The first-order valence-electron chi connectivity index (χ1n) is 5.55. The first-order valence-corrected chi connectivity index (χ1v) is 6.69. The van der Waals surface area contributed by atoms with Crippen molar-refractivity contribution in [1.82, 2.24) is 0 Å². The van der Waals surface area contributed by atoms with Gasteiger partial charge in [0.2, 0.25) is 0 Å². The SMILES string of the molecule is COc1ccc(-c2c(Cl)ccc(Cl)c2Cl)cc1C(F)F. The largest absolute Gasteiger partial charge is 0.496 e. The Hall–Kier alpha value is -1.03. The standard InChI is InChI=1S/C14H9Cl3F2O/c1-20-11-5-2-7(6-8(11)14(18)19)12-9(15)3-4-10(16)13(12)17/h2-6,14H,1H3. The molecular formula is C14H9Cl3F2O.